The van der Waals surface area contributed by atoms with Crippen molar-refractivity contribution in [3.05, 3.63) is 17.6 Å². The molecule has 2 heterocycles. The van der Waals surface area contributed by atoms with E-state index in [4.69, 9.17) is 21.2 Å². The molecule has 100 valence electrons. The predicted octanol–water partition coefficient (Wildman–Crippen LogP) is -0.433. The van der Waals surface area contributed by atoms with Crippen LogP contribution in [0.1, 0.15) is 19.3 Å². The predicted molar refractivity (Wildman–Crippen MR) is 65.8 cm³/mol. The maximum absolute atomic E-state index is 5.58. The Bertz CT molecular complexity index is 439. The van der Waals surface area contributed by atoms with E-state index >= 15 is 0 Å². The van der Waals surface area contributed by atoms with Gasteiger partial charge in [-0.05, 0) is 31.2 Å². The van der Waals surface area contributed by atoms with E-state index in [1.165, 1.54) is 0 Å². The zero-order valence-electron chi connectivity index (χ0n) is 10.3. The van der Waals surface area contributed by atoms with Crippen LogP contribution in [0.5, 0.6) is 5.88 Å². The van der Waals surface area contributed by atoms with Crippen molar-refractivity contribution >= 4 is 0 Å². The molecule has 7 nitrogen and oxygen atoms in total. The average molecular weight is 253 g/mol. The van der Waals surface area contributed by atoms with Gasteiger partial charge in [-0.2, -0.15) is 9.89 Å². The van der Waals surface area contributed by atoms with Crippen molar-refractivity contribution in [3.63, 3.8) is 0 Å². The third-order valence-electron chi connectivity index (χ3n) is 3.07. The van der Waals surface area contributed by atoms with Gasteiger partial charge in [0.15, 0.2) is 5.49 Å². The number of nitrogen functional groups attached to an aromatic ring is 1. The summed E-state index contributed by atoms with van der Waals surface area (Å²) in [5.74, 6) is 11.9. The molecule has 4 N–H and O–H groups in total. The molecule has 0 radical (unpaired) electrons. The third-order valence-corrected chi connectivity index (χ3v) is 3.07. The maximum Gasteiger partial charge on any atom is 0.233 e. The zero-order valence-corrected chi connectivity index (χ0v) is 10.3. The first kappa shape index (κ1) is 12.7. The zero-order chi connectivity index (χ0) is 12.8. The summed E-state index contributed by atoms with van der Waals surface area (Å²) in [5.41, 5.74) is 0.395. The molecular formula is C11H19N5O2. The molecule has 0 unspecified atom stereocenters. The van der Waals surface area contributed by atoms with Crippen molar-refractivity contribution in [1.82, 2.24) is 9.89 Å². The van der Waals surface area contributed by atoms with Gasteiger partial charge in [0.1, 0.15) is 0 Å². The molecule has 1 aliphatic rings. The highest BCUT2D eigenvalue weighted by atomic mass is 16.5. The minimum atomic E-state index is 0.395. The van der Waals surface area contributed by atoms with Crippen LogP contribution >= 0.6 is 0 Å². The first-order valence-electron chi connectivity index (χ1n) is 6.09. The molecule has 18 heavy (non-hydrogen) atoms. The van der Waals surface area contributed by atoms with E-state index in [-0.39, 0.29) is 0 Å². The van der Waals surface area contributed by atoms with Crippen LogP contribution in [0.4, 0.5) is 0 Å². The third kappa shape index (κ3) is 3.36. The van der Waals surface area contributed by atoms with Gasteiger partial charge in [0, 0.05) is 19.3 Å². The van der Waals surface area contributed by atoms with Crippen molar-refractivity contribution in [2.75, 3.05) is 25.7 Å². The van der Waals surface area contributed by atoms with Crippen LogP contribution < -0.4 is 21.9 Å². The second kappa shape index (κ2) is 6.25. The van der Waals surface area contributed by atoms with E-state index in [1.807, 2.05) is 0 Å². The number of hydrogen-bond acceptors (Lipinski definition) is 6. The number of hydrogen-bond donors (Lipinski definition) is 2. The van der Waals surface area contributed by atoms with Gasteiger partial charge in [0.05, 0.1) is 6.61 Å². The largest absolute Gasteiger partial charge is 0.477 e. The summed E-state index contributed by atoms with van der Waals surface area (Å²) >= 11 is 0. The Kier molecular flexibility index (Phi) is 4.40. The number of nitrogens with zero attached hydrogens (tertiary/aromatic N) is 3. The van der Waals surface area contributed by atoms with Crippen molar-refractivity contribution in [1.29, 1.82) is 0 Å². The summed E-state index contributed by atoms with van der Waals surface area (Å²) in [5, 5.41) is 7.47. The average Bonchev–Trinajstić information content (AvgIpc) is 2.40. The SMILES string of the molecule is N/N=c1/ccc(OCCC2CCOCC2)nn1N. The van der Waals surface area contributed by atoms with E-state index in [2.05, 4.69) is 10.2 Å². The Balaban J connectivity index is 1.81. The van der Waals surface area contributed by atoms with Crippen molar-refractivity contribution < 1.29 is 9.47 Å². The smallest absolute Gasteiger partial charge is 0.233 e. The fourth-order valence-electron chi connectivity index (χ4n) is 1.96. The number of aromatic nitrogens is 2. The molecule has 1 aliphatic heterocycles. The molecule has 0 spiro atoms. The van der Waals surface area contributed by atoms with Gasteiger partial charge < -0.3 is 21.2 Å². The topological polar surface area (TPSA) is 101 Å². The Labute approximate surface area is 105 Å². The molecule has 1 aromatic heterocycles. The summed E-state index contributed by atoms with van der Waals surface area (Å²) in [4.78, 5) is 1.10. The van der Waals surface area contributed by atoms with Crippen LogP contribution in [0.3, 0.4) is 0 Å². The molecule has 2 rings (SSSR count). The molecular weight excluding hydrogens is 234 g/mol. The lowest BCUT2D eigenvalue weighted by molar-refractivity contribution is 0.0590. The summed E-state index contributed by atoms with van der Waals surface area (Å²) in [6.07, 6.45) is 3.23. The number of ether oxygens (including phenoxy) is 2. The quantitative estimate of drug-likeness (QED) is 0.560. The highest BCUT2D eigenvalue weighted by Crippen LogP contribution is 2.18. The Morgan fingerprint density at radius 1 is 1.44 bits per heavy atom. The molecule has 7 heteroatoms. The first-order chi connectivity index (χ1) is 8.79. The molecule has 0 atom stereocenters. The van der Waals surface area contributed by atoms with Gasteiger partial charge in [0.25, 0.3) is 0 Å². The van der Waals surface area contributed by atoms with Crippen LogP contribution in [-0.2, 0) is 4.74 Å². The Morgan fingerprint density at radius 3 is 2.89 bits per heavy atom. The fraction of sp³-hybridized carbons (Fsp3) is 0.636. The van der Waals surface area contributed by atoms with E-state index in [1.54, 1.807) is 12.1 Å². The van der Waals surface area contributed by atoms with Gasteiger partial charge in [-0.1, -0.05) is 0 Å². The minimum Gasteiger partial charge on any atom is -0.477 e. The van der Waals surface area contributed by atoms with Gasteiger partial charge >= 0.3 is 0 Å². The van der Waals surface area contributed by atoms with Crippen molar-refractivity contribution in [2.24, 2.45) is 16.9 Å². The molecule has 0 aliphatic carbocycles. The number of nitrogens with two attached hydrogens (primary N) is 2. The monoisotopic (exact) mass is 253 g/mol. The number of rotatable bonds is 4. The molecule has 1 saturated heterocycles. The summed E-state index contributed by atoms with van der Waals surface area (Å²) in [6.45, 7) is 2.35. The Morgan fingerprint density at radius 2 is 2.22 bits per heavy atom. The summed E-state index contributed by atoms with van der Waals surface area (Å²) < 4.78 is 10.9. The minimum absolute atomic E-state index is 0.395. The molecule has 0 aromatic carbocycles. The molecule has 1 aromatic rings. The second-order valence-corrected chi connectivity index (χ2v) is 4.30. The Hall–Kier alpha value is -1.76. The van der Waals surface area contributed by atoms with E-state index in [0.717, 1.165) is 37.3 Å². The van der Waals surface area contributed by atoms with Gasteiger partial charge in [-0.25, -0.2) is 0 Å². The van der Waals surface area contributed by atoms with E-state index in [9.17, 15) is 0 Å². The lowest BCUT2D eigenvalue weighted by atomic mass is 9.97. The molecule has 0 amide bonds. The van der Waals surface area contributed by atoms with Crippen LogP contribution in [0.25, 0.3) is 0 Å². The summed E-state index contributed by atoms with van der Waals surface area (Å²) in [7, 11) is 0. The van der Waals surface area contributed by atoms with E-state index < -0.39 is 0 Å². The second-order valence-electron chi connectivity index (χ2n) is 4.30. The van der Waals surface area contributed by atoms with Gasteiger partial charge in [0.2, 0.25) is 5.88 Å². The fourth-order valence-corrected chi connectivity index (χ4v) is 1.96. The lowest BCUT2D eigenvalue weighted by Gasteiger charge is -2.21. The molecule has 0 bridgehead atoms. The standard InChI is InChI=1S/C11H19N5O2/c12-14-10-1-2-11(15-16(10)13)18-8-5-9-3-6-17-7-4-9/h1-2,9H,3-8,12-13H2/b14-10-. The van der Waals surface area contributed by atoms with Crippen LogP contribution in [0.15, 0.2) is 17.2 Å². The first-order valence-corrected chi connectivity index (χ1v) is 6.09. The van der Waals surface area contributed by atoms with Crippen molar-refractivity contribution in [3.8, 4) is 5.88 Å². The van der Waals surface area contributed by atoms with Gasteiger partial charge in [-0.15, -0.1) is 5.10 Å². The highest BCUT2D eigenvalue weighted by Gasteiger charge is 2.13. The molecule has 0 saturated carbocycles. The molecule has 1 fully saturated rings. The summed E-state index contributed by atoms with van der Waals surface area (Å²) in [6, 6.07) is 3.37. The maximum atomic E-state index is 5.58. The van der Waals surface area contributed by atoms with Crippen LogP contribution in [-0.4, -0.2) is 29.7 Å². The van der Waals surface area contributed by atoms with Crippen LogP contribution in [0, 0.1) is 5.92 Å². The van der Waals surface area contributed by atoms with Crippen molar-refractivity contribution in [2.45, 2.75) is 19.3 Å². The van der Waals surface area contributed by atoms with Crippen LogP contribution in [0.2, 0.25) is 0 Å². The van der Waals surface area contributed by atoms with E-state index in [0.29, 0.717) is 23.9 Å². The normalized spacial score (nSPS) is 17.9. The highest BCUT2D eigenvalue weighted by molar-refractivity contribution is 5.06. The lowest BCUT2D eigenvalue weighted by Crippen LogP contribution is -2.31. The van der Waals surface area contributed by atoms with Gasteiger partial charge in [-0.3, -0.25) is 0 Å².